The van der Waals surface area contributed by atoms with E-state index in [1.54, 1.807) is 60.9 Å². The van der Waals surface area contributed by atoms with Crippen molar-refractivity contribution >= 4 is 46.5 Å². The number of piperidine rings is 2. The number of carbonyl (C=O) groups is 3. The minimum Gasteiger partial charge on any atom is -0.444 e. The third kappa shape index (κ3) is 10.7. The van der Waals surface area contributed by atoms with E-state index in [4.69, 9.17) is 18.6 Å². The zero-order valence-electron chi connectivity index (χ0n) is 31.1. The van der Waals surface area contributed by atoms with Crippen LogP contribution in [0.1, 0.15) is 76.7 Å². The number of fused-ring (bicyclic) bond motifs is 1. The van der Waals surface area contributed by atoms with E-state index in [2.05, 4.69) is 30.8 Å². The van der Waals surface area contributed by atoms with Crippen molar-refractivity contribution in [3.63, 3.8) is 0 Å². The number of amides is 3. The molecule has 2 saturated heterocycles. The number of nitrogens with zero attached hydrogens (tertiary/aromatic N) is 4. The number of nitrogens with one attached hydrogen (secondary N) is 3. The van der Waals surface area contributed by atoms with Gasteiger partial charge in [-0.15, -0.1) is 0 Å². The largest absolute Gasteiger partial charge is 0.444 e. The Kier molecular flexibility index (Phi) is 11.8. The lowest BCUT2D eigenvalue weighted by molar-refractivity contribution is -0.177. The number of pyridine rings is 2. The molecule has 2 fully saturated rings. The molecule has 1 unspecified atom stereocenters. The molecule has 5 rings (SSSR count). The molecule has 3 N–H and O–H groups in total. The van der Waals surface area contributed by atoms with Crippen LogP contribution in [0.3, 0.4) is 0 Å². The molecule has 17 heteroatoms. The summed E-state index contributed by atoms with van der Waals surface area (Å²) in [7, 11) is 1.71. The number of anilines is 3. The predicted octanol–water partition coefficient (Wildman–Crippen LogP) is 6.71. The van der Waals surface area contributed by atoms with Gasteiger partial charge >= 0.3 is 18.4 Å². The van der Waals surface area contributed by atoms with E-state index in [9.17, 15) is 27.6 Å². The van der Waals surface area contributed by atoms with Gasteiger partial charge in [-0.3, -0.25) is 25.0 Å². The fourth-order valence-electron chi connectivity index (χ4n) is 6.42. The van der Waals surface area contributed by atoms with Crippen LogP contribution < -0.4 is 20.9 Å². The summed E-state index contributed by atoms with van der Waals surface area (Å²) in [6.07, 6.45) is -0.287. The highest BCUT2D eigenvalue weighted by Gasteiger charge is 2.45. The number of aromatic nitrogens is 2. The Labute approximate surface area is 306 Å². The molecule has 3 amide bonds. The average Bonchev–Trinajstić information content (AvgIpc) is 3.39. The van der Waals surface area contributed by atoms with E-state index < -0.39 is 54.0 Å². The van der Waals surface area contributed by atoms with E-state index >= 15 is 0 Å². The van der Waals surface area contributed by atoms with Gasteiger partial charge in [-0.1, -0.05) is 0 Å². The second kappa shape index (κ2) is 15.8. The van der Waals surface area contributed by atoms with Crippen LogP contribution in [0.5, 0.6) is 0 Å². The van der Waals surface area contributed by atoms with Gasteiger partial charge in [0.15, 0.2) is 5.58 Å². The average molecular weight is 748 g/mol. The van der Waals surface area contributed by atoms with Gasteiger partial charge < -0.3 is 34.2 Å². The molecule has 0 aliphatic carbocycles. The second-order valence-electron chi connectivity index (χ2n) is 15.4. The van der Waals surface area contributed by atoms with Crippen LogP contribution in [-0.4, -0.2) is 95.8 Å². The molecule has 0 radical (unpaired) electrons. The molecule has 0 saturated carbocycles. The quantitative estimate of drug-likeness (QED) is 0.225. The SMILES string of the molecule is COC1CCN(Cc2cnc3c(C(=O)Nc4cnccc4N4CC(NC(=O)OC(C)(C)C)C[C@@H](C(F)(F)F)C4)c(NC(=O)OC(C)(C)C)oc3c2)CC1. The molecule has 2 aliphatic rings. The van der Waals surface area contributed by atoms with Crippen molar-refractivity contribution in [1.82, 2.24) is 20.2 Å². The second-order valence-corrected chi connectivity index (χ2v) is 15.4. The fraction of sp³-hybridized carbons (Fsp3) is 0.583. The maximum Gasteiger partial charge on any atom is 0.414 e. The Bertz CT molecular complexity index is 1780. The maximum absolute atomic E-state index is 14.2. The summed E-state index contributed by atoms with van der Waals surface area (Å²) < 4.78 is 64.7. The van der Waals surface area contributed by atoms with Crippen molar-refractivity contribution in [2.45, 2.75) is 96.9 Å². The predicted molar refractivity (Wildman–Crippen MR) is 191 cm³/mol. The van der Waals surface area contributed by atoms with E-state index in [1.165, 1.54) is 23.4 Å². The number of alkyl carbamates (subject to hydrolysis) is 1. The molecular formula is C36H48F3N7O7. The third-order valence-corrected chi connectivity index (χ3v) is 8.72. The molecule has 14 nitrogen and oxygen atoms in total. The van der Waals surface area contributed by atoms with Crippen molar-refractivity contribution in [3.8, 4) is 0 Å². The summed E-state index contributed by atoms with van der Waals surface area (Å²) in [5, 5.41) is 7.83. The van der Waals surface area contributed by atoms with Crippen LogP contribution in [0.4, 0.5) is 40.0 Å². The lowest BCUT2D eigenvalue weighted by Crippen LogP contribution is -2.54. The molecule has 5 heterocycles. The number of ether oxygens (including phenoxy) is 3. The Morgan fingerprint density at radius 2 is 1.64 bits per heavy atom. The molecule has 0 bridgehead atoms. The van der Waals surface area contributed by atoms with Crippen molar-refractivity contribution < 1.29 is 46.2 Å². The smallest absolute Gasteiger partial charge is 0.414 e. The van der Waals surface area contributed by atoms with Crippen LogP contribution in [0.25, 0.3) is 11.1 Å². The first-order valence-electron chi connectivity index (χ1n) is 17.5. The lowest BCUT2D eigenvalue weighted by Gasteiger charge is -2.40. The first-order valence-corrected chi connectivity index (χ1v) is 17.5. The number of rotatable bonds is 8. The molecule has 0 aromatic carbocycles. The fourth-order valence-corrected chi connectivity index (χ4v) is 6.42. The minimum atomic E-state index is -4.56. The summed E-state index contributed by atoms with van der Waals surface area (Å²) in [5.41, 5.74) is -0.295. The van der Waals surface area contributed by atoms with E-state index in [-0.39, 0.29) is 53.0 Å². The van der Waals surface area contributed by atoms with Gasteiger partial charge in [-0.25, -0.2) is 9.59 Å². The van der Waals surface area contributed by atoms with Gasteiger partial charge in [0, 0.05) is 52.2 Å². The van der Waals surface area contributed by atoms with Gasteiger partial charge in [0.25, 0.3) is 5.91 Å². The molecule has 2 aliphatic heterocycles. The first kappa shape index (κ1) is 39.6. The van der Waals surface area contributed by atoms with Crippen molar-refractivity contribution in [1.29, 1.82) is 0 Å². The Morgan fingerprint density at radius 3 is 2.28 bits per heavy atom. The summed E-state index contributed by atoms with van der Waals surface area (Å²) in [5.74, 6) is -2.78. The number of methoxy groups -OCH3 is 1. The number of carbonyl (C=O) groups excluding carboxylic acids is 3. The summed E-state index contributed by atoms with van der Waals surface area (Å²) in [6, 6.07) is 2.31. The molecule has 3 aromatic heterocycles. The monoisotopic (exact) mass is 747 g/mol. The number of halogens is 3. The zero-order chi connectivity index (χ0) is 38.7. The highest BCUT2D eigenvalue weighted by Crippen LogP contribution is 2.38. The standard InChI is InChI=1S/C36H48F3N7O7/c1-34(2,3)52-32(48)42-23-15-22(36(37,38)39)19-46(20-23)26-8-11-40-17-25(26)43-30(47)28-29-27(51-31(28)44-33(49)53-35(4,5)6)14-21(16-41-29)18-45-12-9-24(50-7)10-13-45/h8,11,14,16-17,22-24H,9-10,12-13,15,18-20H2,1-7H3,(H,42,48)(H,43,47)(H,44,49)/t22-,23?/m1/s1. The van der Waals surface area contributed by atoms with E-state index in [1.807, 2.05) is 0 Å². The summed E-state index contributed by atoms with van der Waals surface area (Å²) in [4.78, 5) is 51.9. The molecule has 3 aromatic rings. The maximum atomic E-state index is 14.2. The molecule has 2 atom stereocenters. The number of alkyl halides is 3. The molecule has 290 valence electrons. The van der Waals surface area contributed by atoms with E-state index in [0.717, 1.165) is 31.5 Å². The number of likely N-dealkylation sites (tertiary alicyclic amines) is 1. The molecule has 0 spiro atoms. The van der Waals surface area contributed by atoms with Gasteiger partial charge in [0.2, 0.25) is 5.88 Å². The number of hydrogen-bond acceptors (Lipinski definition) is 11. The van der Waals surface area contributed by atoms with Gasteiger partial charge in [0.1, 0.15) is 22.3 Å². The molecular weight excluding hydrogens is 699 g/mol. The number of hydrogen-bond donors (Lipinski definition) is 3. The van der Waals surface area contributed by atoms with Crippen molar-refractivity contribution in [3.05, 3.63) is 41.9 Å². The number of furan rings is 1. The topological polar surface area (TPSA) is 160 Å². The first-order chi connectivity index (χ1) is 24.8. The Morgan fingerprint density at radius 1 is 0.962 bits per heavy atom. The minimum absolute atomic E-state index is 0.00767. The Hall–Kier alpha value is -4.64. The van der Waals surface area contributed by atoms with Crippen LogP contribution in [0, 0.1) is 5.92 Å². The highest BCUT2D eigenvalue weighted by molar-refractivity contribution is 6.16. The van der Waals surface area contributed by atoms with E-state index in [0.29, 0.717) is 6.54 Å². The van der Waals surface area contributed by atoms with Crippen molar-refractivity contribution in [2.75, 3.05) is 48.8 Å². The van der Waals surface area contributed by atoms with Crippen molar-refractivity contribution in [2.24, 2.45) is 5.92 Å². The van der Waals surface area contributed by atoms with Crippen LogP contribution in [0.15, 0.2) is 35.1 Å². The highest BCUT2D eigenvalue weighted by atomic mass is 19.4. The van der Waals surface area contributed by atoms with Gasteiger partial charge in [0.05, 0.1) is 35.6 Å². The third-order valence-electron chi connectivity index (χ3n) is 8.72. The zero-order valence-corrected chi connectivity index (χ0v) is 31.1. The summed E-state index contributed by atoms with van der Waals surface area (Å²) in [6.45, 7) is 11.8. The van der Waals surface area contributed by atoms with Crippen LogP contribution in [-0.2, 0) is 20.8 Å². The Balaban J connectivity index is 1.43. The van der Waals surface area contributed by atoms with Crippen LogP contribution in [0.2, 0.25) is 0 Å². The summed E-state index contributed by atoms with van der Waals surface area (Å²) >= 11 is 0. The van der Waals surface area contributed by atoms with Gasteiger partial charge in [-0.05, 0) is 78.5 Å². The molecule has 53 heavy (non-hydrogen) atoms. The lowest BCUT2D eigenvalue weighted by atomic mass is 9.93. The van der Waals surface area contributed by atoms with Gasteiger partial charge in [-0.2, -0.15) is 13.2 Å². The van der Waals surface area contributed by atoms with Crippen LogP contribution >= 0.6 is 0 Å². The normalized spacial score (nSPS) is 19.2.